The second-order valence-corrected chi connectivity index (χ2v) is 7.21. The fraction of sp³-hybridized carbons (Fsp3) is 0.857. The summed E-state index contributed by atoms with van der Waals surface area (Å²) in [5, 5.41) is 0. The lowest BCUT2D eigenvalue weighted by atomic mass is 9.69. The van der Waals surface area contributed by atoms with Crippen LogP contribution in [0.2, 0.25) is 0 Å². The Balaban J connectivity index is 9.81. The van der Waals surface area contributed by atoms with Crippen LogP contribution in [0.15, 0.2) is 11.1 Å². The first-order valence-electron chi connectivity index (χ1n) is 8.22. The molecule has 0 N–H and O–H groups in total. The van der Waals surface area contributed by atoms with Crippen LogP contribution in [0.3, 0.4) is 0 Å². The Bertz CT molecular complexity index is 835. The van der Waals surface area contributed by atoms with Gasteiger partial charge in [0.05, 0.1) is 0 Å². The van der Waals surface area contributed by atoms with Gasteiger partial charge in [-0.3, -0.25) is 0 Å². The smallest absolute Gasteiger partial charge is 0.229 e. The maximum absolute atomic E-state index is 14.5. The standard InChI is InChI=1S/C14H3F25/c1-4(15,8(19,20)21)2(5(16,9(22,23)24)10(25,26)27)3(6(17,11(28,29)30)12(31,32)33)7(18,13(34,35)36)14(37,38)39/h1H3. The van der Waals surface area contributed by atoms with Gasteiger partial charge in [0.15, 0.2) is 0 Å². The van der Waals surface area contributed by atoms with Gasteiger partial charge >= 0.3 is 60.2 Å². The predicted octanol–water partition coefficient (Wildman–Crippen LogP) is 9.07. The summed E-state index contributed by atoms with van der Waals surface area (Å²) in [5.41, 5.74) is -49.4. The first-order valence-corrected chi connectivity index (χ1v) is 8.22. The minimum atomic E-state index is -9.39. The second-order valence-electron chi connectivity index (χ2n) is 7.21. The van der Waals surface area contributed by atoms with Crippen molar-refractivity contribution in [1.29, 1.82) is 0 Å². The molecule has 0 spiro atoms. The molecule has 39 heavy (non-hydrogen) atoms. The van der Waals surface area contributed by atoms with E-state index in [-0.39, 0.29) is 0 Å². The van der Waals surface area contributed by atoms with Crippen LogP contribution < -0.4 is 0 Å². The van der Waals surface area contributed by atoms with E-state index in [9.17, 15) is 110 Å². The molecule has 25 heteroatoms. The molecule has 0 aliphatic rings. The topological polar surface area (TPSA) is 0 Å². The number of alkyl halides is 25. The molecule has 0 aromatic heterocycles. The molecule has 0 aromatic carbocycles. The van der Waals surface area contributed by atoms with E-state index in [2.05, 4.69) is 0 Å². The molecule has 0 amide bonds. The van der Waals surface area contributed by atoms with E-state index < -0.39 is 84.0 Å². The first kappa shape index (κ1) is 37.0. The zero-order valence-corrected chi connectivity index (χ0v) is 16.9. The lowest BCUT2D eigenvalue weighted by Gasteiger charge is -2.46. The van der Waals surface area contributed by atoms with Crippen molar-refractivity contribution in [3.05, 3.63) is 11.1 Å². The molecule has 0 rings (SSSR count). The molecule has 0 aromatic rings. The van der Waals surface area contributed by atoms with Crippen molar-refractivity contribution >= 4 is 0 Å². The van der Waals surface area contributed by atoms with E-state index in [0.717, 1.165) is 0 Å². The molecule has 1 unspecified atom stereocenters. The quantitative estimate of drug-likeness (QED) is 0.211. The third kappa shape index (κ3) is 5.25. The summed E-state index contributed by atoms with van der Waals surface area (Å²) in [6, 6.07) is 0. The molecule has 1 atom stereocenters. The van der Waals surface area contributed by atoms with Gasteiger partial charge in [-0.2, -0.15) is 92.2 Å². The highest BCUT2D eigenvalue weighted by atomic mass is 19.5. The van der Waals surface area contributed by atoms with Crippen molar-refractivity contribution in [3.8, 4) is 0 Å². The van der Waals surface area contributed by atoms with Crippen LogP contribution in [0.25, 0.3) is 0 Å². The number of allylic oxidation sites excluding steroid dienone is 2. The van der Waals surface area contributed by atoms with Crippen molar-refractivity contribution in [2.45, 2.75) is 72.8 Å². The monoisotopic (exact) mass is 646 g/mol. The zero-order chi connectivity index (χ0) is 32.7. The van der Waals surface area contributed by atoms with Crippen LogP contribution in [0.5, 0.6) is 0 Å². The van der Waals surface area contributed by atoms with Gasteiger partial charge in [0, 0.05) is 11.1 Å². The van der Waals surface area contributed by atoms with E-state index in [1.54, 1.807) is 0 Å². The molecule has 234 valence electrons. The van der Waals surface area contributed by atoms with Crippen LogP contribution in [-0.2, 0) is 0 Å². The van der Waals surface area contributed by atoms with Gasteiger partial charge in [0.1, 0.15) is 0 Å². The minimum absolute atomic E-state index is 2.26. The maximum atomic E-state index is 14.5. The van der Waals surface area contributed by atoms with Gasteiger partial charge in [0.2, 0.25) is 5.67 Å². The van der Waals surface area contributed by atoms with Crippen molar-refractivity contribution in [2.24, 2.45) is 0 Å². The van der Waals surface area contributed by atoms with E-state index in [0.29, 0.717) is 0 Å². The summed E-state index contributed by atoms with van der Waals surface area (Å²) in [7, 11) is 0. The van der Waals surface area contributed by atoms with Crippen molar-refractivity contribution in [3.63, 3.8) is 0 Å². The lowest BCUT2D eigenvalue weighted by Crippen LogP contribution is -2.70. The molecule has 0 saturated heterocycles. The Kier molecular flexibility index (Phi) is 8.53. The molecule has 0 heterocycles. The fourth-order valence-electron chi connectivity index (χ4n) is 2.79. The average Bonchev–Trinajstić information content (AvgIpc) is 2.57. The molecule has 0 saturated carbocycles. The third-order valence-corrected chi connectivity index (χ3v) is 4.63. The molecule has 0 bridgehead atoms. The normalized spacial score (nSPS) is 17.7. The highest BCUT2D eigenvalue weighted by Gasteiger charge is 2.91. The highest BCUT2D eigenvalue weighted by molar-refractivity contribution is 5.50. The van der Waals surface area contributed by atoms with Gasteiger partial charge in [0.25, 0.3) is 0 Å². The molecular weight excluding hydrogens is 643 g/mol. The Morgan fingerprint density at radius 3 is 0.538 bits per heavy atom. The summed E-state index contributed by atoms with van der Waals surface area (Å²) in [4.78, 5) is 0. The summed E-state index contributed by atoms with van der Waals surface area (Å²) in [5.74, 6) is 0. The first-order chi connectivity index (χ1) is 16.2. The number of hydrogen-bond donors (Lipinski definition) is 0. The maximum Gasteiger partial charge on any atom is 0.435 e. The Morgan fingerprint density at radius 2 is 0.410 bits per heavy atom. The molecule has 0 aliphatic heterocycles. The fourth-order valence-corrected chi connectivity index (χ4v) is 2.79. The highest BCUT2D eigenvalue weighted by Crippen LogP contribution is 2.67. The number of hydrogen-bond acceptors (Lipinski definition) is 0. The molecular formula is C14H3F25. The van der Waals surface area contributed by atoms with Gasteiger partial charge in [-0.15, -0.1) is 0 Å². The average molecular weight is 646 g/mol. The number of rotatable bonds is 4. The van der Waals surface area contributed by atoms with Crippen molar-refractivity contribution in [2.75, 3.05) is 0 Å². The van der Waals surface area contributed by atoms with E-state index in [4.69, 9.17) is 0 Å². The molecule has 0 aliphatic carbocycles. The minimum Gasteiger partial charge on any atom is -0.229 e. The van der Waals surface area contributed by atoms with Gasteiger partial charge in [-0.1, -0.05) is 0 Å². The van der Waals surface area contributed by atoms with Crippen LogP contribution in [0.4, 0.5) is 110 Å². The van der Waals surface area contributed by atoms with Crippen LogP contribution in [0.1, 0.15) is 6.92 Å². The van der Waals surface area contributed by atoms with E-state index in [1.807, 2.05) is 0 Å². The molecule has 0 radical (unpaired) electrons. The third-order valence-electron chi connectivity index (χ3n) is 4.63. The zero-order valence-electron chi connectivity index (χ0n) is 16.9. The Labute approximate surface area is 195 Å². The molecule has 0 nitrogen and oxygen atoms in total. The lowest BCUT2D eigenvalue weighted by molar-refractivity contribution is -0.371. The summed E-state index contributed by atoms with van der Waals surface area (Å²) >= 11 is 0. The van der Waals surface area contributed by atoms with Crippen molar-refractivity contribution in [1.82, 2.24) is 0 Å². The predicted molar refractivity (Wildman–Crippen MR) is 70.4 cm³/mol. The van der Waals surface area contributed by atoms with Crippen LogP contribution in [0, 0.1) is 0 Å². The van der Waals surface area contributed by atoms with Gasteiger partial charge in [-0.05, 0) is 6.92 Å². The molecule has 0 fully saturated rings. The Morgan fingerprint density at radius 1 is 0.256 bits per heavy atom. The summed E-state index contributed by atoms with van der Waals surface area (Å²) in [6.07, 6.45) is -61.4. The number of halogens is 25. The summed E-state index contributed by atoms with van der Waals surface area (Å²) in [6.45, 7) is -2.26. The Hall–Kier alpha value is -2.01. The largest absolute Gasteiger partial charge is 0.435 e. The van der Waals surface area contributed by atoms with E-state index in [1.165, 1.54) is 0 Å². The SMILES string of the molecule is CC(F)(C(=C(C(F)(C(F)(F)F)C(F)(F)F)C(F)(C(F)(F)F)C(F)(F)F)C(F)(C(F)(F)F)C(F)(F)F)C(F)(F)F. The van der Waals surface area contributed by atoms with E-state index >= 15 is 0 Å². The van der Waals surface area contributed by atoms with Crippen LogP contribution >= 0.6 is 0 Å². The van der Waals surface area contributed by atoms with Crippen LogP contribution in [-0.4, -0.2) is 65.9 Å². The van der Waals surface area contributed by atoms with Crippen molar-refractivity contribution < 1.29 is 110 Å². The van der Waals surface area contributed by atoms with Gasteiger partial charge < -0.3 is 0 Å². The second kappa shape index (κ2) is 8.99. The van der Waals surface area contributed by atoms with Gasteiger partial charge in [-0.25, -0.2) is 17.6 Å². The summed E-state index contributed by atoms with van der Waals surface area (Å²) < 4.78 is 332.